The number of benzene rings is 1. The third-order valence-electron chi connectivity index (χ3n) is 4.46. The molecule has 0 spiro atoms. The second-order valence-corrected chi connectivity index (χ2v) is 6.77. The van der Waals surface area contributed by atoms with Gasteiger partial charge in [0.15, 0.2) is 0 Å². The van der Waals surface area contributed by atoms with Crippen LogP contribution in [0.2, 0.25) is 0 Å². The van der Waals surface area contributed by atoms with Crippen LogP contribution < -0.4 is 0 Å². The van der Waals surface area contributed by atoms with Crippen LogP contribution in [0.25, 0.3) is 0 Å². The van der Waals surface area contributed by atoms with E-state index in [-0.39, 0.29) is 24.1 Å². The number of aryl methyl sites for hydroxylation is 1. The quantitative estimate of drug-likeness (QED) is 0.648. The van der Waals surface area contributed by atoms with E-state index in [1.807, 2.05) is 36.4 Å². The maximum atomic E-state index is 11.3. The number of hydrogen-bond acceptors (Lipinski definition) is 5. The molecule has 0 saturated heterocycles. The Balaban J connectivity index is 1.73. The second kappa shape index (κ2) is 10.8. The van der Waals surface area contributed by atoms with E-state index < -0.39 is 6.10 Å². The Bertz CT molecular complexity index is 596. The van der Waals surface area contributed by atoms with Gasteiger partial charge in [-0.15, -0.1) is 0 Å². The van der Waals surface area contributed by atoms with Crippen molar-refractivity contribution in [2.24, 2.45) is 0 Å². The monoisotopic (exact) mass is 360 g/mol. The lowest BCUT2D eigenvalue weighted by atomic mass is 9.98. The normalized spacial score (nSPS) is 18.8. The molecule has 1 aliphatic rings. The van der Waals surface area contributed by atoms with Crippen LogP contribution in [0, 0.1) is 0 Å². The number of cyclic esters (lactones) is 1. The van der Waals surface area contributed by atoms with Gasteiger partial charge in [0.05, 0.1) is 6.10 Å². The van der Waals surface area contributed by atoms with Gasteiger partial charge in [0.2, 0.25) is 0 Å². The minimum atomic E-state index is -0.519. The van der Waals surface area contributed by atoms with Gasteiger partial charge in [-0.2, -0.15) is 0 Å². The predicted molar refractivity (Wildman–Crippen MR) is 98.4 cm³/mol. The third kappa shape index (κ3) is 7.83. The van der Waals surface area contributed by atoms with Gasteiger partial charge >= 0.3 is 11.9 Å². The Morgan fingerprint density at radius 1 is 1.31 bits per heavy atom. The van der Waals surface area contributed by atoms with Gasteiger partial charge in [0, 0.05) is 25.8 Å². The van der Waals surface area contributed by atoms with Crippen LogP contribution in [0.1, 0.15) is 51.0 Å². The van der Waals surface area contributed by atoms with E-state index in [1.54, 1.807) is 0 Å². The number of aliphatic hydroxyl groups is 1. The summed E-state index contributed by atoms with van der Waals surface area (Å²) in [6.07, 6.45) is 7.07. The van der Waals surface area contributed by atoms with Crippen molar-refractivity contribution in [3.63, 3.8) is 0 Å². The van der Waals surface area contributed by atoms with Crippen molar-refractivity contribution in [3.8, 4) is 0 Å². The Hall–Kier alpha value is -2.14. The second-order valence-electron chi connectivity index (χ2n) is 6.77. The van der Waals surface area contributed by atoms with Gasteiger partial charge in [0.1, 0.15) is 12.2 Å². The standard InChI is InChI=1S/C21H28O5/c1-16(22)25-20(11-5-9-19-10-6-12-21(24)26-19)15-18(23)14-13-17-7-3-2-4-8-17/h2-4,6-8,12,18-20,23H,5,9-11,13-15H2,1H3/t18-,19-,20-/m0/s1. The fourth-order valence-electron chi connectivity index (χ4n) is 3.18. The Morgan fingerprint density at radius 2 is 2.08 bits per heavy atom. The van der Waals surface area contributed by atoms with Crippen LogP contribution in [0.15, 0.2) is 42.5 Å². The molecule has 1 heterocycles. The first-order valence-corrected chi connectivity index (χ1v) is 9.29. The van der Waals surface area contributed by atoms with E-state index in [0.717, 1.165) is 25.7 Å². The van der Waals surface area contributed by atoms with Crippen molar-refractivity contribution in [2.45, 2.75) is 70.2 Å². The van der Waals surface area contributed by atoms with E-state index in [1.165, 1.54) is 18.6 Å². The van der Waals surface area contributed by atoms with E-state index in [9.17, 15) is 14.7 Å². The highest BCUT2D eigenvalue weighted by atomic mass is 16.5. The Labute approximate surface area is 155 Å². The minimum Gasteiger partial charge on any atom is -0.462 e. The van der Waals surface area contributed by atoms with Gasteiger partial charge in [0.25, 0.3) is 0 Å². The van der Waals surface area contributed by atoms with Crippen molar-refractivity contribution in [3.05, 3.63) is 48.0 Å². The molecule has 0 amide bonds. The summed E-state index contributed by atoms with van der Waals surface area (Å²) in [5, 5.41) is 10.3. The molecule has 0 bridgehead atoms. The molecule has 26 heavy (non-hydrogen) atoms. The molecule has 142 valence electrons. The average molecular weight is 360 g/mol. The number of carbonyl (C=O) groups excluding carboxylic acids is 2. The molecule has 0 radical (unpaired) electrons. The zero-order chi connectivity index (χ0) is 18.8. The third-order valence-corrected chi connectivity index (χ3v) is 4.46. The summed E-state index contributed by atoms with van der Waals surface area (Å²) < 4.78 is 10.6. The molecule has 5 nitrogen and oxygen atoms in total. The summed E-state index contributed by atoms with van der Waals surface area (Å²) in [6.45, 7) is 1.39. The number of hydrogen-bond donors (Lipinski definition) is 1. The van der Waals surface area contributed by atoms with Crippen molar-refractivity contribution in [2.75, 3.05) is 0 Å². The highest BCUT2D eigenvalue weighted by molar-refractivity contribution is 5.82. The van der Waals surface area contributed by atoms with Gasteiger partial charge in [-0.1, -0.05) is 36.4 Å². The van der Waals surface area contributed by atoms with E-state index in [0.29, 0.717) is 19.3 Å². The number of aliphatic hydroxyl groups excluding tert-OH is 1. The van der Waals surface area contributed by atoms with E-state index >= 15 is 0 Å². The molecular weight excluding hydrogens is 332 g/mol. The molecule has 1 N–H and O–H groups in total. The van der Waals surface area contributed by atoms with Crippen LogP contribution in [0.3, 0.4) is 0 Å². The summed E-state index contributed by atoms with van der Waals surface area (Å²) in [6, 6.07) is 10.0. The van der Waals surface area contributed by atoms with Crippen LogP contribution in [0.5, 0.6) is 0 Å². The van der Waals surface area contributed by atoms with Gasteiger partial charge in [-0.25, -0.2) is 4.79 Å². The summed E-state index contributed by atoms with van der Waals surface area (Å²) >= 11 is 0. The van der Waals surface area contributed by atoms with Gasteiger partial charge < -0.3 is 14.6 Å². The first kappa shape index (κ1) is 20.2. The van der Waals surface area contributed by atoms with Crippen LogP contribution in [-0.2, 0) is 25.5 Å². The zero-order valence-corrected chi connectivity index (χ0v) is 15.3. The topological polar surface area (TPSA) is 72.8 Å². The molecule has 0 aliphatic carbocycles. The molecule has 0 aromatic heterocycles. The molecule has 1 aliphatic heterocycles. The van der Waals surface area contributed by atoms with Crippen molar-refractivity contribution in [1.29, 1.82) is 0 Å². The fourth-order valence-corrected chi connectivity index (χ4v) is 3.18. The maximum Gasteiger partial charge on any atom is 0.330 e. The predicted octanol–water partition coefficient (Wildman–Crippen LogP) is 3.34. The SMILES string of the molecule is CC(=O)O[C@@H](CCC[C@H]1CC=CC(=O)O1)C[C@@H](O)CCc1ccccc1. The molecule has 1 aromatic rings. The largest absolute Gasteiger partial charge is 0.462 e. The number of carbonyl (C=O) groups is 2. The summed E-state index contributed by atoms with van der Waals surface area (Å²) in [5.74, 6) is -0.633. The van der Waals surface area contributed by atoms with Crippen LogP contribution in [-0.4, -0.2) is 35.4 Å². The highest BCUT2D eigenvalue weighted by Crippen LogP contribution is 2.19. The molecule has 1 aromatic carbocycles. The summed E-state index contributed by atoms with van der Waals surface area (Å²) in [5.41, 5.74) is 1.18. The fraction of sp³-hybridized carbons (Fsp3) is 0.524. The first-order valence-electron chi connectivity index (χ1n) is 9.29. The molecule has 0 unspecified atom stereocenters. The van der Waals surface area contributed by atoms with Crippen LogP contribution >= 0.6 is 0 Å². The highest BCUT2D eigenvalue weighted by Gasteiger charge is 2.20. The minimum absolute atomic E-state index is 0.103. The lowest BCUT2D eigenvalue weighted by Gasteiger charge is -2.22. The van der Waals surface area contributed by atoms with Gasteiger partial charge in [-0.05, 0) is 37.7 Å². The molecule has 0 fully saturated rings. The van der Waals surface area contributed by atoms with Crippen LogP contribution in [0.4, 0.5) is 0 Å². The Morgan fingerprint density at radius 3 is 2.77 bits per heavy atom. The number of esters is 2. The summed E-state index contributed by atoms with van der Waals surface area (Å²) in [7, 11) is 0. The summed E-state index contributed by atoms with van der Waals surface area (Å²) in [4.78, 5) is 22.6. The Kier molecular flexibility index (Phi) is 8.35. The average Bonchev–Trinajstić information content (AvgIpc) is 2.60. The first-order chi connectivity index (χ1) is 12.5. The lowest BCUT2D eigenvalue weighted by molar-refractivity contribution is -0.148. The molecule has 2 rings (SSSR count). The lowest BCUT2D eigenvalue weighted by Crippen LogP contribution is -2.25. The maximum absolute atomic E-state index is 11.3. The van der Waals surface area contributed by atoms with E-state index in [4.69, 9.17) is 9.47 Å². The zero-order valence-electron chi connectivity index (χ0n) is 15.3. The smallest absolute Gasteiger partial charge is 0.330 e. The number of rotatable bonds is 10. The molecule has 0 saturated carbocycles. The van der Waals surface area contributed by atoms with Crippen molar-refractivity contribution >= 4 is 11.9 Å². The molecule has 3 atom stereocenters. The van der Waals surface area contributed by atoms with Crippen molar-refractivity contribution in [1.82, 2.24) is 0 Å². The number of ether oxygens (including phenoxy) is 2. The van der Waals surface area contributed by atoms with Crippen molar-refractivity contribution < 1.29 is 24.2 Å². The van der Waals surface area contributed by atoms with Gasteiger partial charge in [-0.3, -0.25) is 4.79 Å². The van der Waals surface area contributed by atoms with E-state index in [2.05, 4.69) is 0 Å². The molecule has 5 heteroatoms. The molecular formula is C21H28O5.